The summed E-state index contributed by atoms with van der Waals surface area (Å²) in [5, 5.41) is 0. The van der Waals surface area contributed by atoms with E-state index < -0.39 is 0 Å². The molecule has 0 saturated heterocycles. The van der Waals surface area contributed by atoms with Crippen molar-refractivity contribution in [3.63, 3.8) is 0 Å². The van der Waals surface area contributed by atoms with Crippen molar-refractivity contribution < 1.29 is 4.79 Å². The summed E-state index contributed by atoms with van der Waals surface area (Å²) >= 11 is 1.18. The first-order valence-corrected chi connectivity index (χ1v) is 5.98. The summed E-state index contributed by atoms with van der Waals surface area (Å²) in [5.41, 5.74) is 5.16. The van der Waals surface area contributed by atoms with Crippen molar-refractivity contribution in [1.82, 2.24) is 8.75 Å². The fourth-order valence-corrected chi connectivity index (χ4v) is 2.81. The van der Waals surface area contributed by atoms with E-state index in [0.717, 1.165) is 33.3 Å². The van der Waals surface area contributed by atoms with Gasteiger partial charge in [-0.2, -0.15) is 8.75 Å². The second kappa shape index (κ2) is 2.99. The Hall–Kier alpha value is -2.07. The lowest BCUT2D eigenvalue weighted by Gasteiger charge is -1.97. The van der Waals surface area contributed by atoms with Gasteiger partial charge in [0.25, 0.3) is 0 Å². The topological polar surface area (TPSA) is 42.9 Å². The van der Waals surface area contributed by atoms with Gasteiger partial charge in [-0.05, 0) is 23.3 Å². The molecule has 1 aromatic heterocycles. The normalized spacial score (nSPS) is 12.8. The zero-order valence-electron chi connectivity index (χ0n) is 8.68. The molecule has 0 fully saturated rings. The van der Waals surface area contributed by atoms with Gasteiger partial charge in [0.05, 0.1) is 11.7 Å². The molecule has 0 amide bonds. The molecular weight excluding hydrogens is 232 g/mol. The van der Waals surface area contributed by atoms with Crippen LogP contribution >= 0.6 is 11.7 Å². The minimum Gasteiger partial charge on any atom is -0.289 e. The van der Waals surface area contributed by atoms with E-state index in [9.17, 15) is 4.79 Å². The molecule has 0 N–H and O–H groups in total. The second-order valence-corrected chi connectivity index (χ2v) is 4.55. The summed E-state index contributed by atoms with van der Waals surface area (Å²) in [6, 6.07) is 11.5. The molecule has 0 bridgehead atoms. The molecule has 0 atom stereocenters. The number of ketones is 1. The quantitative estimate of drug-likeness (QED) is 0.473. The lowest BCUT2D eigenvalue weighted by Crippen LogP contribution is -1.94. The lowest BCUT2D eigenvalue weighted by molar-refractivity contribution is 0.104. The van der Waals surface area contributed by atoms with Crippen molar-refractivity contribution >= 4 is 28.5 Å². The fraction of sp³-hybridized carbons (Fsp3) is 0. The van der Waals surface area contributed by atoms with E-state index in [1.165, 1.54) is 11.7 Å². The number of fused-ring (bicyclic) bond motifs is 4. The Bertz CT molecular complexity index is 776. The number of hydrogen-bond donors (Lipinski definition) is 0. The van der Waals surface area contributed by atoms with Crippen molar-refractivity contribution in [2.75, 3.05) is 0 Å². The molecule has 3 nitrogen and oxygen atoms in total. The van der Waals surface area contributed by atoms with E-state index in [1.807, 2.05) is 36.4 Å². The van der Waals surface area contributed by atoms with Gasteiger partial charge in [-0.15, -0.1) is 0 Å². The molecule has 1 aliphatic carbocycles. The van der Waals surface area contributed by atoms with Gasteiger partial charge in [0.1, 0.15) is 11.0 Å². The van der Waals surface area contributed by atoms with Crippen molar-refractivity contribution in [2.24, 2.45) is 0 Å². The molecule has 17 heavy (non-hydrogen) atoms. The van der Waals surface area contributed by atoms with Gasteiger partial charge < -0.3 is 0 Å². The Morgan fingerprint density at radius 2 is 1.47 bits per heavy atom. The highest BCUT2D eigenvalue weighted by atomic mass is 32.1. The summed E-state index contributed by atoms with van der Waals surface area (Å²) in [6.07, 6.45) is 0. The third-order valence-electron chi connectivity index (χ3n) is 3.10. The molecule has 1 aliphatic rings. The smallest absolute Gasteiger partial charge is 0.194 e. The minimum absolute atomic E-state index is 0.0884. The van der Waals surface area contributed by atoms with Gasteiger partial charge in [0.15, 0.2) is 5.78 Å². The molecule has 3 aromatic rings. The Balaban J connectivity index is 2.16. The van der Waals surface area contributed by atoms with E-state index in [1.54, 1.807) is 0 Å². The zero-order valence-corrected chi connectivity index (χ0v) is 9.49. The van der Waals surface area contributed by atoms with Crippen LogP contribution in [0.15, 0.2) is 36.4 Å². The van der Waals surface area contributed by atoms with Crippen LogP contribution in [0.1, 0.15) is 15.9 Å². The summed E-state index contributed by atoms with van der Waals surface area (Å²) in [5.74, 6) is 0.0884. The van der Waals surface area contributed by atoms with Crippen molar-refractivity contribution in [2.45, 2.75) is 0 Å². The maximum Gasteiger partial charge on any atom is 0.194 e. The highest BCUT2D eigenvalue weighted by Crippen LogP contribution is 2.38. The van der Waals surface area contributed by atoms with Gasteiger partial charge in [-0.1, -0.05) is 24.3 Å². The van der Waals surface area contributed by atoms with Crippen LogP contribution in [-0.4, -0.2) is 14.5 Å². The van der Waals surface area contributed by atoms with E-state index in [2.05, 4.69) is 8.75 Å². The van der Waals surface area contributed by atoms with Crippen LogP contribution in [0.5, 0.6) is 0 Å². The van der Waals surface area contributed by atoms with Crippen molar-refractivity contribution in [1.29, 1.82) is 0 Å². The largest absolute Gasteiger partial charge is 0.289 e. The summed E-state index contributed by atoms with van der Waals surface area (Å²) in [6.45, 7) is 0. The number of benzene rings is 2. The van der Waals surface area contributed by atoms with E-state index >= 15 is 0 Å². The molecule has 4 heteroatoms. The number of nitrogens with zero attached hydrogens (tertiary/aromatic N) is 2. The number of carbonyl (C=O) groups is 1. The number of aromatic nitrogens is 2. The average molecular weight is 238 g/mol. The molecule has 0 radical (unpaired) electrons. The maximum atomic E-state index is 12.2. The van der Waals surface area contributed by atoms with E-state index in [-0.39, 0.29) is 5.78 Å². The number of hydrogen-bond acceptors (Lipinski definition) is 4. The third kappa shape index (κ3) is 1.08. The van der Waals surface area contributed by atoms with Crippen LogP contribution in [0, 0.1) is 0 Å². The Labute approximate surface area is 101 Å². The lowest BCUT2D eigenvalue weighted by atomic mass is 10.1. The van der Waals surface area contributed by atoms with Crippen LogP contribution in [0.3, 0.4) is 0 Å². The molecule has 0 unspecified atom stereocenters. The van der Waals surface area contributed by atoms with Gasteiger partial charge >= 0.3 is 0 Å². The standard InChI is InChI=1S/C13H6N2OS/c16-13-8-4-2-1-3-7(8)9-5-11-12(6-10(9)13)15-17-14-11/h1-6H. The van der Waals surface area contributed by atoms with E-state index in [4.69, 9.17) is 0 Å². The molecule has 1 heterocycles. The summed E-state index contributed by atoms with van der Waals surface area (Å²) in [4.78, 5) is 12.2. The number of carbonyl (C=O) groups excluding carboxylic acids is 1. The predicted octanol–water partition coefficient (Wildman–Crippen LogP) is 2.90. The minimum atomic E-state index is 0.0884. The summed E-state index contributed by atoms with van der Waals surface area (Å²) < 4.78 is 8.39. The van der Waals surface area contributed by atoms with Crippen molar-refractivity contribution in [3.8, 4) is 11.1 Å². The average Bonchev–Trinajstić information content (AvgIpc) is 2.92. The molecule has 0 spiro atoms. The Morgan fingerprint density at radius 3 is 2.24 bits per heavy atom. The van der Waals surface area contributed by atoms with E-state index in [0.29, 0.717) is 0 Å². The first-order valence-electron chi connectivity index (χ1n) is 5.25. The van der Waals surface area contributed by atoms with Gasteiger partial charge in [-0.3, -0.25) is 4.79 Å². The van der Waals surface area contributed by atoms with Gasteiger partial charge in [-0.25, -0.2) is 0 Å². The Morgan fingerprint density at radius 1 is 0.824 bits per heavy atom. The molecular formula is C13H6N2OS. The highest BCUT2D eigenvalue weighted by molar-refractivity contribution is 7.00. The second-order valence-electron chi connectivity index (χ2n) is 4.03. The molecule has 2 aromatic carbocycles. The van der Waals surface area contributed by atoms with Crippen LogP contribution in [0.4, 0.5) is 0 Å². The van der Waals surface area contributed by atoms with Crippen LogP contribution in [0.25, 0.3) is 22.2 Å². The number of rotatable bonds is 0. The third-order valence-corrected chi connectivity index (χ3v) is 3.66. The zero-order chi connectivity index (χ0) is 11.4. The van der Waals surface area contributed by atoms with Crippen molar-refractivity contribution in [3.05, 3.63) is 47.5 Å². The first kappa shape index (κ1) is 9.01. The van der Waals surface area contributed by atoms with Gasteiger partial charge in [0.2, 0.25) is 0 Å². The Kier molecular flexibility index (Phi) is 1.58. The monoisotopic (exact) mass is 238 g/mol. The fourth-order valence-electron chi connectivity index (χ4n) is 2.30. The van der Waals surface area contributed by atoms with Crippen LogP contribution in [-0.2, 0) is 0 Å². The molecule has 0 saturated carbocycles. The summed E-state index contributed by atoms with van der Waals surface area (Å²) in [7, 11) is 0. The first-order chi connectivity index (χ1) is 8.34. The SMILES string of the molecule is O=C1c2ccccc2-c2cc3nsnc3cc21. The van der Waals surface area contributed by atoms with Crippen LogP contribution < -0.4 is 0 Å². The van der Waals surface area contributed by atoms with Crippen LogP contribution in [0.2, 0.25) is 0 Å². The highest BCUT2D eigenvalue weighted by Gasteiger charge is 2.27. The predicted molar refractivity (Wildman–Crippen MR) is 66.3 cm³/mol. The molecule has 4 rings (SSSR count). The van der Waals surface area contributed by atoms with Gasteiger partial charge in [0, 0.05) is 11.1 Å². The molecule has 80 valence electrons. The molecule has 0 aliphatic heterocycles. The maximum absolute atomic E-state index is 12.2.